The molecule has 0 saturated carbocycles. The van der Waals surface area contributed by atoms with Crippen molar-refractivity contribution in [2.45, 2.75) is 19.5 Å². The lowest BCUT2D eigenvalue weighted by atomic mass is 10.1. The summed E-state index contributed by atoms with van der Waals surface area (Å²) in [6, 6.07) is 10.3. The van der Waals surface area contributed by atoms with Gasteiger partial charge in [-0.05, 0) is 36.2 Å². The van der Waals surface area contributed by atoms with E-state index in [0.29, 0.717) is 5.69 Å². The normalized spacial score (nSPS) is 11.2. The maximum atomic E-state index is 12.7. The molecular weight excluding hydrogens is 341 g/mol. The van der Waals surface area contributed by atoms with Gasteiger partial charge in [-0.3, -0.25) is 4.79 Å². The van der Waals surface area contributed by atoms with Gasteiger partial charge in [-0.15, -0.1) is 0 Å². The first-order chi connectivity index (χ1) is 11.3. The monoisotopic (exact) mass is 356 g/mol. The zero-order valence-corrected chi connectivity index (χ0v) is 13.6. The van der Waals surface area contributed by atoms with E-state index in [1.54, 1.807) is 12.1 Å². The lowest BCUT2D eigenvalue weighted by Gasteiger charge is -2.13. The first-order valence-electron chi connectivity index (χ1n) is 7.29. The molecular formula is C17H16ClF3N2O. The predicted octanol–water partition coefficient (Wildman–Crippen LogP) is 4.97. The van der Waals surface area contributed by atoms with Crippen molar-refractivity contribution < 1.29 is 18.0 Å². The van der Waals surface area contributed by atoms with Crippen molar-refractivity contribution in [1.29, 1.82) is 0 Å². The van der Waals surface area contributed by atoms with Crippen LogP contribution in [-0.2, 0) is 17.4 Å². The van der Waals surface area contributed by atoms with E-state index in [4.69, 9.17) is 11.6 Å². The Balaban J connectivity index is 2.04. The molecule has 1 amide bonds. The molecule has 2 aromatic rings. The number of carbonyl (C=O) groups is 1. The fraction of sp³-hybridized carbons (Fsp3) is 0.235. The number of hydrogen-bond acceptors (Lipinski definition) is 2. The molecule has 0 aromatic heterocycles. The van der Waals surface area contributed by atoms with Gasteiger partial charge < -0.3 is 10.6 Å². The number of hydrogen-bond donors (Lipinski definition) is 2. The zero-order valence-electron chi connectivity index (χ0n) is 12.9. The minimum atomic E-state index is -4.47. The average Bonchev–Trinajstić information content (AvgIpc) is 2.53. The zero-order chi connectivity index (χ0) is 17.7. The highest BCUT2D eigenvalue weighted by Gasteiger charge is 2.30. The smallest absolute Gasteiger partial charge is 0.375 e. The fourth-order valence-electron chi connectivity index (χ4n) is 2.16. The number of aryl methyl sites for hydroxylation is 1. The van der Waals surface area contributed by atoms with Crippen molar-refractivity contribution in [3.8, 4) is 0 Å². The number of para-hydroxylation sites is 1. The molecule has 0 aliphatic heterocycles. The Hall–Kier alpha value is -2.21. The number of nitrogens with one attached hydrogen (secondary N) is 2. The third-order valence-corrected chi connectivity index (χ3v) is 3.74. The van der Waals surface area contributed by atoms with Crippen LogP contribution in [0, 0.1) is 0 Å². The number of anilines is 2. The number of rotatable bonds is 5. The van der Waals surface area contributed by atoms with E-state index < -0.39 is 11.7 Å². The summed E-state index contributed by atoms with van der Waals surface area (Å²) in [6.07, 6.45) is -3.72. The van der Waals surface area contributed by atoms with E-state index in [1.165, 1.54) is 0 Å². The lowest BCUT2D eigenvalue weighted by molar-refractivity contribution is -0.137. The largest absolute Gasteiger partial charge is 0.416 e. The summed E-state index contributed by atoms with van der Waals surface area (Å²) >= 11 is 5.88. The third-order valence-electron chi connectivity index (χ3n) is 3.41. The number of alkyl halides is 3. The highest BCUT2D eigenvalue weighted by molar-refractivity contribution is 6.33. The molecule has 0 fully saturated rings. The van der Waals surface area contributed by atoms with Gasteiger partial charge in [-0.25, -0.2) is 0 Å². The summed E-state index contributed by atoms with van der Waals surface area (Å²) in [5, 5.41) is 5.48. The maximum absolute atomic E-state index is 12.7. The Morgan fingerprint density at radius 1 is 1.12 bits per heavy atom. The van der Waals surface area contributed by atoms with E-state index in [9.17, 15) is 18.0 Å². The van der Waals surface area contributed by atoms with Crippen LogP contribution in [0.2, 0.25) is 5.02 Å². The molecule has 0 saturated heterocycles. The summed E-state index contributed by atoms with van der Waals surface area (Å²) in [7, 11) is 0. The van der Waals surface area contributed by atoms with Crippen LogP contribution in [0.4, 0.5) is 24.5 Å². The minimum Gasteiger partial charge on any atom is -0.375 e. The SMILES string of the molecule is CCc1ccccc1NC(=O)CNc1cc(C(F)(F)F)ccc1Cl. The van der Waals surface area contributed by atoms with Crippen LogP contribution in [0.5, 0.6) is 0 Å². The summed E-state index contributed by atoms with van der Waals surface area (Å²) in [5.41, 5.74) is 0.890. The van der Waals surface area contributed by atoms with Gasteiger partial charge in [0.15, 0.2) is 0 Å². The number of halogens is 4. The summed E-state index contributed by atoms with van der Waals surface area (Å²) < 4.78 is 38.2. The molecule has 0 bridgehead atoms. The fourth-order valence-corrected chi connectivity index (χ4v) is 2.34. The molecule has 0 aliphatic rings. The van der Waals surface area contributed by atoms with E-state index in [2.05, 4.69) is 10.6 Å². The van der Waals surface area contributed by atoms with Crippen LogP contribution in [0.3, 0.4) is 0 Å². The quantitative estimate of drug-likeness (QED) is 0.794. The van der Waals surface area contributed by atoms with Gasteiger partial charge in [-0.1, -0.05) is 36.7 Å². The highest BCUT2D eigenvalue weighted by Crippen LogP contribution is 2.33. The molecule has 7 heteroatoms. The molecule has 3 nitrogen and oxygen atoms in total. The summed E-state index contributed by atoms with van der Waals surface area (Å²) in [4.78, 5) is 12.0. The van der Waals surface area contributed by atoms with Crippen molar-refractivity contribution in [3.05, 3.63) is 58.6 Å². The van der Waals surface area contributed by atoms with Gasteiger partial charge in [0.1, 0.15) is 0 Å². The second kappa shape index (κ2) is 7.57. The van der Waals surface area contributed by atoms with Crippen LogP contribution < -0.4 is 10.6 Å². The second-order valence-corrected chi connectivity index (χ2v) is 5.51. The Kier molecular flexibility index (Phi) is 5.72. The number of benzene rings is 2. The first kappa shape index (κ1) is 18.1. The summed E-state index contributed by atoms with van der Waals surface area (Å²) in [6.45, 7) is 1.77. The number of amides is 1. The van der Waals surface area contributed by atoms with Crippen molar-refractivity contribution in [2.75, 3.05) is 17.2 Å². The standard InChI is InChI=1S/C17H16ClF3N2O/c1-2-11-5-3-4-6-14(11)23-16(24)10-22-15-9-12(17(19,20)21)7-8-13(15)18/h3-9,22H,2,10H2,1H3,(H,23,24). The van der Waals surface area contributed by atoms with Gasteiger partial charge in [0.05, 0.1) is 22.8 Å². The topological polar surface area (TPSA) is 41.1 Å². The van der Waals surface area contributed by atoms with Crippen LogP contribution in [0.15, 0.2) is 42.5 Å². The maximum Gasteiger partial charge on any atom is 0.416 e. The van der Waals surface area contributed by atoms with E-state index in [1.807, 2.05) is 19.1 Å². The molecule has 0 spiro atoms. The molecule has 2 rings (SSSR count). The van der Waals surface area contributed by atoms with Crippen molar-refractivity contribution in [3.63, 3.8) is 0 Å². The molecule has 0 unspecified atom stereocenters. The lowest BCUT2D eigenvalue weighted by Crippen LogP contribution is -2.22. The molecule has 0 radical (unpaired) electrons. The predicted molar refractivity (Wildman–Crippen MR) is 89.4 cm³/mol. The molecule has 0 aliphatic carbocycles. The molecule has 128 valence electrons. The van der Waals surface area contributed by atoms with Gasteiger partial charge in [0.25, 0.3) is 0 Å². The van der Waals surface area contributed by atoms with Crippen molar-refractivity contribution in [2.24, 2.45) is 0 Å². The first-order valence-corrected chi connectivity index (χ1v) is 7.67. The van der Waals surface area contributed by atoms with Crippen LogP contribution >= 0.6 is 11.6 Å². The highest BCUT2D eigenvalue weighted by atomic mass is 35.5. The van der Waals surface area contributed by atoms with Gasteiger partial charge in [-0.2, -0.15) is 13.2 Å². The molecule has 0 heterocycles. The van der Waals surface area contributed by atoms with Crippen LogP contribution in [-0.4, -0.2) is 12.5 Å². The second-order valence-electron chi connectivity index (χ2n) is 5.10. The van der Waals surface area contributed by atoms with Crippen molar-refractivity contribution in [1.82, 2.24) is 0 Å². The Labute approximate surface area is 142 Å². The third kappa shape index (κ3) is 4.64. The van der Waals surface area contributed by atoms with Crippen LogP contribution in [0.25, 0.3) is 0 Å². The van der Waals surface area contributed by atoms with Crippen molar-refractivity contribution >= 4 is 28.9 Å². The Morgan fingerprint density at radius 2 is 1.83 bits per heavy atom. The van der Waals surface area contributed by atoms with E-state index in [-0.39, 0.29) is 23.2 Å². The molecule has 24 heavy (non-hydrogen) atoms. The Bertz CT molecular complexity index is 732. The van der Waals surface area contributed by atoms with E-state index in [0.717, 1.165) is 30.2 Å². The Morgan fingerprint density at radius 3 is 2.50 bits per heavy atom. The van der Waals surface area contributed by atoms with Crippen LogP contribution in [0.1, 0.15) is 18.1 Å². The molecule has 2 N–H and O–H groups in total. The molecule has 0 atom stereocenters. The van der Waals surface area contributed by atoms with Gasteiger partial charge in [0.2, 0.25) is 5.91 Å². The number of carbonyl (C=O) groups excluding carboxylic acids is 1. The average molecular weight is 357 g/mol. The minimum absolute atomic E-state index is 0.0606. The molecule has 2 aromatic carbocycles. The van der Waals surface area contributed by atoms with Gasteiger partial charge in [0, 0.05) is 5.69 Å². The van der Waals surface area contributed by atoms with Gasteiger partial charge >= 0.3 is 6.18 Å². The van der Waals surface area contributed by atoms with E-state index >= 15 is 0 Å². The summed E-state index contributed by atoms with van der Waals surface area (Å²) in [5.74, 6) is -0.371.